The molecule has 2 atom stereocenters. The fourth-order valence-corrected chi connectivity index (χ4v) is 1.88. The van der Waals surface area contributed by atoms with Crippen molar-refractivity contribution >= 4 is 5.91 Å². The van der Waals surface area contributed by atoms with Crippen molar-refractivity contribution < 1.29 is 14.4 Å². The number of nitrogens with one attached hydrogen (secondary N) is 1. The molecule has 0 aliphatic rings. The summed E-state index contributed by atoms with van der Waals surface area (Å²) in [4.78, 5) is 11.9. The Balaban J connectivity index is 1.91. The van der Waals surface area contributed by atoms with Gasteiger partial charge in [0.25, 0.3) is 5.91 Å². The second-order valence-corrected chi connectivity index (χ2v) is 4.85. The molecule has 1 amide bonds. The van der Waals surface area contributed by atoms with Gasteiger partial charge in [0.15, 0.2) is 0 Å². The minimum Gasteiger partial charge on any atom is -0.391 e. The number of nitrogens with zero attached hydrogens (tertiary/aromatic N) is 1. The molecular formula is C15H18N2O3. The molecule has 0 saturated heterocycles. The van der Waals surface area contributed by atoms with Crippen LogP contribution in [0.15, 0.2) is 40.9 Å². The molecule has 2 rings (SSSR count). The number of carbonyl (C=O) groups is 1. The van der Waals surface area contributed by atoms with Gasteiger partial charge in [-0.2, -0.15) is 0 Å². The predicted molar refractivity (Wildman–Crippen MR) is 74.3 cm³/mol. The van der Waals surface area contributed by atoms with E-state index in [1.54, 1.807) is 19.9 Å². The van der Waals surface area contributed by atoms with Crippen LogP contribution >= 0.6 is 0 Å². The highest BCUT2D eigenvalue weighted by Gasteiger charge is 2.20. The topological polar surface area (TPSA) is 75.4 Å². The number of benzene rings is 1. The van der Waals surface area contributed by atoms with Crippen LogP contribution < -0.4 is 5.32 Å². The first kappa shape index (κ1) is 14.3. The SMILES string of the molecule is Cc1cc(C(=O)NC(C)C(O)Cc2ccccc2)on1. The second-order valence-electron chi connectivity index (χ2n) is 4.85. The van der Waals surface area contributed by atoms with Crippen LogP contribution in [0.3, 0.4) is 0 Å². The molecule has 106 valence electrons. The maximum atomic E-state index is 11.9. The predicted octanol–water partition coefficient (Wildman–Crippen LogP) is 1.70. The maximum Gasteiger partial charge on any atom is 0.290 e. The molecule has 0 bridgehead atoms. The fraction of sp³-hybridized carbons (Fsp3) is 0.333. The van der Waals surface area contributed by atoms with E-state index in [2.05, 4.69) is 10.5 Å². The summed E-state index contributed by atoms with van der Waals surface area (Å²) in [6.07, 6.45) is -0.178. The van der Waals surface area contributed by atoms with Crippen LogP contribution in [0.4, 0.5) is 0 Å². The van der Waals surface area contributed by atoms with Gasteiger partial charge in [0.2, 0.25) is 5.76 Å². The Bertz CT molecular complexity index is 566. The number of carbonyl (C=O) groups excluding carboxylic acids is 1. The van der Waals surface area contributed by atoms with Crippen LogP contribution in [-0.4, -0.2) is 28.3 Å². The Labute approximate surface area is 117 Å². The number of aryl methyl sites for hydroxylation is 1. The van der Waals surface area contributed by atoms with Crippen LogP contribution in [0.1, 0.15) is 28.7 Å². The lowest BCUT2D eigenvalue weighted by molar-refractivity contribution is 0.0817. The van der Waals surface area contributed by atoms with Crippen molar-refractivity contribution in [1.29, 1.82) is 0 Å². The van der Waals surface area contributed by atoms with E-state index in [9.17, 15) is 9.90 Å². The van der Waals surface area contributed by atoms with E-state index in [1.807, 2.05) is 30.3 Å². The van der Waals surface area contributed by atoms with Gasteiger partial charge in [0.05, 0.1) is 17.8 Å². The average Bonchev–Trinajstić information content (AvgIpc) is 2.86. The van der Waals surface area contributed by atoms with E-state index in [1.165, 1.54) is 0 Å². The lowest BCUT2D eigenvalue weighted by atomic mass is 10.0. The largest absolute Gasteiger partial charge is 0.391 e. The van der Waals surface area contributed by atoms with Gasteiger partial charge in [-0.15, -0.1) is 0 Å². The minimum absolute atomic E-state index is 0.154. The third kappa shape index (κ3) is 3.68. The third-order valence-electron chi connectivity index (χ3n) is 3.08. The molecule has 2 aromatic rings. The van der Waals surface area contributed by atoms with Crippen LogP contribution in [0, 0.1) is 6.92 Å². The van der Waals surface area contributed by atoms with E-state index in [-0.39, 0.29) is 17.7 Å². The first-order valence-electron chi connectivity index (χ1n) is 6.52. The van der Waals surface area contributed by atoms with Gasteiger partial charge in [-0.05, 0) is 19.4 Å². The summed E-state index contributed by atoms with van der Waals surface area (Å²) >= 11 is 0. The van der Waals surface area contributed by atoms with Gasteiger partial charge < -0.3 is 14.9 Å². The molecule has 20 heavy (non-hydrogen) atoms. The van der Waals surface area contributed by atoms with E-state index >= 15 is 0 Å². The van der Waals surface area contributed by atoms with Gasteiger partial charge >= 0.3 is 0 Å². The molecule has 1 aromatic heterocycles. The lowest BCUT2D eigenvalue weighted by Crippen LogP contribution is -2.42. The van der Waals surface area contributed by atoms with Gasteiger partial charge in [0.1, 0.15) is 0 Å². The molecule has 1 aromatic carbocycles. The van der Waals surface area contributed by atoms with Crippen LogP contribution in [-0.2, 0) is 6.42 Å². The number of aliphatic hydroxyl groups is 1. The van der Waals surface area contributed by atoms with Crippen molar-refractivity contribution in [3.05, 3.63) is 53.4 Å². The quantitative estimate of drug-likeness (QED) is 0.870. The molecule has 0 aliphatic heterocycles. The molecule has 5 nitrogen and oxygen atoms in total. The number of amides is 1. The maximum absolute atomic E-state index is 11.9. The Morgan fingerprint density at radius 3 is 2.70 bits per heavy atom. The Kier molecular flexibility index (Phi) is 4.53. The molecule has 2 unspecified atom stereocenters. The Morgan fingerprint density at radius 2 is 2.10 bits per heavy atom. The van der Waals surface area contributed by atoms with Crippen molar-refractivity contribution in [2.75, 3.05) is 0 Å². The third-order valence-corrected chi connectivity index (χ3v) is 3.08. The highest BCUT2D eigenvalue weighted by atomic mass is 16.5. The zero-order chi connectivity index (χ0) is 14.5. The van der Waals surface area contributed by atoms with E-state index in [0.29, 0.717) is 12.1 Å². The average molecular weight is 274 g/mol. The summed E-state index contributed by atoms with van der Waals surface area (Å²) in [5.41, 5.74) is 1.67. The molecule has 2 N–H and O–H groups in total. The molecule has 1 heterocycles. The number of hydrogen-bond donors (Lipinski definition) is 2. The van der Waals surface area contributed by atoms with Crippen molar-refractivity contribution in [2.24, 2.45) is 0 Å². The molecular weight excluding hydrogens is 256 g/mol. The summed E-state index contributed by atoms with van der Waals surface area (Å²) in [6, 6.07) is 10.8. The number of rotatable bonds is 5. The van der Waals surface area contributed by atoms with Crippen molar-refractivity contribution in [2.45, 2.75) is 32.4 Å². The molecule has 0 saturated carbocycles. The summed E-state index contributed by atoms with van der Waals surface area (Å²) < 4.78 is 4.88. The Hall–Kier alpha value is -2.14. The standard InChI is InChI=1S/C15H18N2O3/c1-10-8-14(20-17-10)15(19)16-11(2)13(18)9-12-6-4-3-5-7-12/h3-8,11,13,18H,9H2,1-2H3,(H,16,19). The first-order valence-corrected chi connectivity index (χ1v) is 6.52. The minimum atomic E-state index is -0.662. The van der Waals surface area contributed by atoms with Gasteiger partial charge in [-0.1, -0.05) is 35.5 Å². The van der Waals surface area contributed by atoms with Gasteiger partial charge in [-0.25, -0.2) is 0 Å². The normalized spacial score (nSPS) is 13.8. The monoisotopic (exact) mass is 274 g/mol. The Morgan fingerprint density at radius 1 is 1.40 bits per heavy atom. The molecule has 0 spiro atoms. The molecule has 0 fully saturated rings. The smallest absolute Gasteiger partial charge is 0.290 e. The zero-order valence-electron chi connectivity index (χ0n) is 11.5. The number of hydrogen-bond acceptors (Lipinski definition) is 4. The second kappa shape index (κ2) is 6.34. The highest BCUT2D eigenvalue weighted by Crippen LogP contribution is 2.07. The van der Waals surface area contributed by atoms with Crippen molar-refractivity contribution in [3.63, 3.8) is 0 Å². The van der Waals surface area contributed by atoms with E-state index in [0.717, 1.165) is 5.56 Å². The van der Waals surface area contributed by atoms with E-state index < -0.39 is 6.10 Å². The number of aromatic nitrogens is 1. The summed E-state index contributed by atoms with van der Waals surface area (Å²) in [5, 5.41) is 16.5. The van der Waals surface area contributed by atoms with Crippen LogP contribution in [0.5, 0.6) is 0 Å². The highest BCUT2D eigenvalue weighted by molar-refractivity contribution is 5.91. The molecule has 5 heteroatoms. The zero-order valence-corrected chi connectivity index (χ0v) is 11.5. The number of aliphatic hydroxyl groups excluding tert-OH is 1. The first-order chi connectivity index (χ1) is 9.56. The summed E-state index contributed by atoms with van der Waals surface area (Å²) in [5.74, 6) is -0.216. The van der Waals surface area contributed by atoms with Crippen LogP contribution in [0.2, 0.25) is 0 Å². The van der Waals surface area contributed by atoms with Gasteiger partial charge in [0, 0.05) is 12.5 Å². The van der Waals surface area contributed by atoms with Crippen LogP contribution in [0.25, 0.3) is 0 Å². The van der Waals surface area contributed by atoms with Gasteiger partial charge in [-0.3, -0.25) is 4.79 Å². The summed E-state index contributed by atoms with van der Waals surface area (Å²) in [7, 11) is 0. The molecule has 0 aliphatic carbocycles. The van der Waals surface area contributed by atoms with Crippen molar-refractivity contribution in [3.8, 4) is 0 Å². The lowest BCUT2D eigenvalue weighted by Gasteiger charge is -2.19. The van der Waals surface area contributed by atoms with E-state index in [4.69, 9.17) is 4.52 Å². The fourth-order valence-electron chi connectivity index (χ4n) is 1.88. The summed E-state index contributed by atoms with van der Waals surface area (Å²) in [6.45, 7) is 3.50. The molecule has 0 radical (unpaired) electrons. The van der Waals surface area contributed by atoms with Crippen molar-refractivity contribution in [1.82, 2.24) is 10.5 Å².